The van der Waals surface area contributed by atoms with Crippen LogP contribution in [0.15, 0.2) is 47.1 Å². The molecule has 2 heterocycles. The number of nitrogens with one attached hydrogen (secondary N) is 1. The van der Waals surface area contributed by atoms with E-state index in [0.29, 0.717) is 17.3 Å². The van der Waals surface area contributed by atoms with Gasteiger partial charge in [-0.3, -0.25) is 0 Å². The molecule has 0 spiro atoms. The van der Waals surface area contributed by atoms with Gasteiger partial charge in [-0.05, 0) is 52.3 Å². The zero-order valence-corrected chi connectivity index (χ0v) is 12.0. The van der Waals surface area contributed by atoms with Gasteiger partial charge in [0, 0.05) is 5.69 Å². The van der Waals surface area contributed by atoms with Gasteiger partial charge in [0.25, 0.3) is 0 Å². The lowest BCUT2D eigenvalue weighted by Crippen LogP contribution is -2.04. The van der Waals surface area contributed by atoms with E-state index >= 15 is 0 Å². The van der Waals surface area contributed by atoms with Crippen molar-refractivity contribution in [2.45, 2.75) is 6.18 Å². The van der Waals surface area contributed by atoms with Crippen molar-refractivity contribution in [3.63, 3.8) is 0 Å². The van der Waals surface area contributed by atoms with Gasteiger partial charge in [0.2, 0.25) is 5.95 Å². The summed E-state index contributed by atoms with van der Waals surface area (Å²) >= 11 is 3.33. The number of hydrogen-bond acceptors (Lipinski definition) is 3. The van der Waals surface area contributed by atoms with Crippen LogP contribution in [0.4, 0.5) is 24.8 Å². The molecule has 3 rings (SSSR count). The molecule has 0 fully saturated rings. The summed E-state index contributed by atoms with van der Waals surface area (Å²) in [5.74, 6) is 0.307. The highest BCUT2D eigenvalue weighted by molar-refractivity contribution is 9.10. The normalized spacial score (nSPS) is 11.8. The summed E-state index contributed by atoms with van der Waals surface area (Å²) < 4.78 is 39.7. The molecule has 0 amide bonds. The molecule has 2 aromatic heterocycles. The predicted molar refractivity (Wildman–Crippen MR) is 75.4 cm³/mol. The number of aromatic nitrogens is 3. The van der Waals surface area contributed by atoms with Gasteiger partial charge in [-0.25, -0.2) is 4.52 Å². The van der Waals surface area contributed by atoms with Crippen LogP contribution in [0.5, 0.6) is 0 Å². The quantitative estimate of drug-likeness (QED) is 0.697. The number of nitrogens with zero attached hydrogens (tertiary/aromatic N) is 3. The van der Waals surface area contributed by atoms with E-state index in [-0.39, 0.29) is 0 Å². The van der Waals surface area contributed by atoms with E-state index in [1.165, 1.54) is 12.1 Å². The Hall–Kier alpha value is -2.09. The average molecular weight is 357 g/mol. The van der Waals surface area contributed by atoms with Crippen LogP contribution in [-0.4, -0.2) is 14.6 Å². The molecule has 1 N–H and O–H groups in total. The molecule has 0 saturated carbocycles. The second-order valence-corrected chi connectivity index (χ2v) is 5.07. The van der Waals surface area contributed by atoms with Gasteiger partial charge in [0.15, 0.2) is 5.65 Å². The monoisotopic (exact) mass is 356 g/mol. The molecule has 1 aromatic carbocycles. The van der Waals surface area contributed by atoms with Crippen molar-refractivity contribution in [2.24, 2.45) is 0 Å². The molecule has 0 aliphatic heterocycles. The van der Waals surface area contributed by atoms with Crippen molar-refractivity contribution in [2.75, 3.05) is 5.32 Å². The maximum Gasteiger partial charge on any atom is 0.416 e. The van der Waals surface area contributed by atoms with Crippen LogP contribution in [-0.2, 0) is 6.18 Å². The van der Waals surface area contributed by atoms with Gasteiger partial charge in [-0.15, -0.1) is 5.10 Å². The molecule has 4 nitrogen and oxygen atoms in total. The lowest BCUT2D eigenvalue weighted by atomic mass is 10.2. The molecular weight excluding hydrogens is 349 g/mol. The molecule has 0 saturated heterocycles. The smallest absolute Gasteiger partial charge is 0.323 e. The minimum absolute atomic E-state index is 0.307. The molecule has 0 radical (unpaired) electrons. The Morgan fingerprint density at radius 2 is 1.76 bits per heavy atom. The number of alkyl halides is 3. The van der Waals surface area contributed by atoms with Gasteiger partial charge >= 0.3 is 6.18 Å². The standard InChI is InChI=1S/C13H8BrF3N4/c14-10-2-1-3-11-19-12(20-21(10)11)18-9-6-4-8(5-7-9)13(15,16)17/h1-7H,(H,18,20). The largest absolute Gasteiger partial charge is 0.416 e. The number of benzene rings is 1. The summed E-state index contributed by atoms with van der Waals surface area (Å²) in [6, 6.07) is 10.1. The van der Waals surface area contributed by atoms with Crippen LogP contribution in [0, 0.1) is 0 Å². The zero-order chi connectivity index (χ0) is 15.0. The maximum atomic E-state index is 12.5. The lowest BCUT2D eigenvalue weighted by Gasteiger charge is -2.07. The molecule has 0 aliphatic carbocycles. The second-order valence-electron chi connectivity index (χ2n) is 4.25. The van der Waals surface area contributed by atoms with Crippen molar-refractivity contribution in [3.8, 4) is 0 Å². The first-order chi connectivity index (χ1) is 9.93. The number of hydrogen-bond donors (Lipinski definition) is 1. The summed E-state index contributed by atoms with van der Waals surface area (Å²) in [5.41, 5.74) is 0.410. The van der Waals surface area contributed by atoms with Crippen LogP contribution in [0.3, 0.4) is 0 Å². The van der Waals surface area contributed by atoms with Crippen LogP contribution >= 0.6 is 15.9 Å². The minimum atomic E-state index is -4.34. The van der Waals surface area contributed by atoms with Crippen LogP contribution < -0.4 is 5.32 Å². The Bertz CT molecular complexity index is 780. The van der Waals surface area contributed by atoms with E-state index < -0.39 is 11.7 Å². The fourth-order valence-electron chi connectivity index (χ4n) is 1.80. The lowest BCUT2D eigenvalue weighted by molar-refractivity contribution is -0.137. The molecule has 0 bridgehead atoms. The van der Waals surface area contributed by atoms with Crippen LogP contribution in [0.25, 0.3) is 5.65 Å². The number of halogens is 4. The van der Waals surface area contributed by atoms with Gasteiger partial charge in [-0.1, -0.05) is 6.07 Å². The minimum Gasteiger partial charge on any atom is -0.323 e. The van der Waals surface area contributed by atoms with Gasteiger partial charge < -0.3 is 5.32 Å². The number of rotatable bonds is 2. The summed E-state index contributed by atoms with van der Waals surface area (Å²) in [5, 5.41) is 7.07. The van der Waals surface area contributed by atoms with Crippen LogP contribution in [0.2, 0.25) is 0 Å². The van der Waals surface area contributed by atoms with Crippen molar-refractivity contribution in [1.29, 1.82) is 0 Å². The molecule has 0 atom stereocenters. The number of fused-ring (bicyclic) bond motifs is 1. The molecule has 108 valence electrons. The van der Waals surface area contributed by atoms with E-state index in [4.69, 9.17) is 0 Å². The Balaban J connectivity index is 1.87. The first kappa shape index (κ1) is 13.9. The van der Waals surface area contributed by atoms with E-state index in [2.05, 4.69) is 31.3 Å². The van der Waals surface area contributed by atoms with E-state index in [1.807, 2.05) is 12.1 Å². The molecular formula is C13H8BrF3N4. The fraction of sp³-hybridized carbons (Fsp3) is 0.0769. The second kappa shape index (κ2) is 5.03. The highest BCUT2D eigenvalue weighted by Crippen LogP contribution is 2.30. The van der Waals surface area contributed by atoms with Crippen molar-refractivity contribution in [3.05, 3.63) is 52.6 Å². The van der Waals surface area contributed by atoms with Gasteiger partial charge in [0.1, 0.15) is 4.60 Å². The fourth-order valence-corrected chi connectivity index (χ4v) is 2.21. The molecule has 21 heavy (non-hydrogen) atoms. The Kier molecular flexibility index (Phi) is 3.32. The summed E-state index contributed by atoms with van der Waals surface area (Å²) in [4.78, 5) is 4.23. The molecule has 8 heteroatoms. The third-order valence-electron chi connectivity index (χ3n) is 2.78. The van der Waals surface area contributed by atoms with Crippen LogP contribution in [0.1, 0.15) is 5.56 Å². The summed E-state index contributed by atoms with van der Waals surface area (Å²) in [7, 11) is 0. The van der Waals surface area contributed by atoms with Crippen molar-refractivity contribution in [1.82, 2.24) is 14.6 Å². The van der Waals surface area contributed by atoms with Crippen molar-refractivity contribution >= 4 is 33.2 Å². The highest BCUT2D eigenvalue weighted by Gasteiger charge is 2.29. The first-order valence-corrected chi connectivity index (χ1v) is 6.68. The van der Waals surface area contributed by atoms with Gasteiger partial charge in [0.05, 0.1) is 5.56 Å². The predicted octanol–water partition coefficient (Wildman–Crippen LogP) is 4.25. The van der Waals surface area contributed by atoms with E-state index in [1.54, 1.807) is 10.6 Å². The van der Waals surface area contributed by atoms with Crippen molar-refractivity contribution < 1.29 is 13.2 Å². The Morgan fingerprint density at radius 3 is 2.38 bits per heavy atom. The maximum absolute atomic E-state index is 12.5. The highest BCUT2D eigenvalue weighted by atomic mass is 79.9. The third kappa shape index (κ3) is 2.85. The average Bonchev–Trinajstić information content (AvgIpc) is 2.82. The molecule has 0 aliphatic rings. The molecule has 0 unspecified atom stereocenters. The molecule has 3 aromatic rings. The zero-order valence-electron chi connectivity index (χ0n) is 10.4. The topological polar surface area (TPSA) is 42.2 Å². The summed E-state index contributed by atoms with van der Waals surface area (Å²) in [6.45, 7) is 0. The Labute approximate surface area is 125 Å². The third-order valence-corrected chi connectivity index (χ3v) is 3.38. The van der Waals surface area contributed by atoms with E-state index in [0.717, 1.165) is 16.7 Å². The Morgan fingerprint density at radius 1 is 1.05 bits per heavy atom. The number of pyridine rings is 1. The summed E-state index contributed by atoms with van der Waals surface area (Å²) in [6.07, 6.45) is -4.34. The first-order valence-electron chi connectivity index (χ1n) is 5.89. The SMILES string of the molecule is FC(F)(F)c1ccc(Nc2nc3cccc(Br)n3n2)cc1. The van der Waals surface area contributed by atoms with Gasteiger partial charge in [-0.2, -0.15) is 18.2 Å². The number of anilines is 2. The van der Waals surface area contributed by atoms with E-state index in [9.17, 15) is 13.2 Å².